The zero-order chi connectivity index (χ0) is 9.57. The van der Waals surface area contributed by atoms with Crippen LogP contribution in [0.25, 0.3) is 0 Å². The molecule has 2 heteroatoms. The van der Waals surface area contributed by atoms with Gasteiger partial charge in [-0.3, -0.25) is 0 Å². The first kappa shape index (κ1) is 12.9. The molecule has 1 aliphatic rings. The van der Waals surface area contributed by atoms with Crippen molar-refractivity contribution in [1.82, 2.24) is 0 Å². The number of hydroxylamine groups is 2. The Hall–Kier alpha value is -0.0800. The van der Waals surface area contributed by atoms with Crippen molar-refractivity contribution in [2.45, 2.75) is 66.0 Å². The molecule has 13 heavy (non-hydrogen) atoms. The summed E-state index contributed by atoms with van der Waals surface area (Å²) in [4.78, 5) is 0. The van der Waals surface area contributed by atoms with Gasteiger partial charge in [0.15, 0.2) is 0 Å². The molecule has 0 aromatic heterocycles. The highest BCUT2D eigenvalue weighted by molar-refractivity contribution is 4.82. The molecule has 1 aliphatic heterocycles. The van der Waals surface area contributed by atoms with Gasteiger partial charge in [0, 0.05) is 12.8 Å². The number of piperidine rings is 1. The fourth-order valence-electron chi connectivity index (χ4n) is 2.92. The Morgan fingerprint density at radius 3 is 1.69 bits per heavy atom. The SMILES string of the molecule is C.CC1CC(C)(C)[NH+](O)C(C)(C)C1. The van der Waals surface area contributed by atoms with Gasteiger partial charge in [-0.25, -0.2) is 5.21 Å². The van der Waals surface area contributed by atoms with Crippen molar-refractivity contribution < 1.29 is 10.3 Å². The predicted octanol–water partition coefficient (Wildman–Crippen LogP) is 1.88. The number of hydrogen-bond acceptors (Lipinski definition) is 1. The molecule has 0 aromatic carbocycles. The lowest BCUT2D eigenvalue weighted by molar-refractivity contribution is -1.16. The van der Waals surface area contributed by atoms with Crippen LogP contribution in [0.15, 0.2) is 0 Å². The van der Waals surface area contributed by atoms with E-state index in [2.05, 4.69) is 34.6 Å². The zero-order valence-corrected chi connectivity index (χ0v) is 8.94. The number of quaternary nitrogens is 1. The van der Waals surface area contributed by atoms with Crippen molar-refractivity contribution in [2.75, 3.05) is 0 Å². The molecule has 0 unspecified atom stereocenters. The molecule has 0 bridgehead atoms. The van der Waals surface area contributed by atoms with E-state index >= 15 is 0 Å². The highest BCUT2D eigenvalue weighted by atomic mass is 16.5. The van der Waals surface area contributed by atoms with E-state index in [1.165, 1.54) is 0 Å². The minimum atomic E-state index is 0. The summed E-state index contributed by atoms with van der Waals surface area (Å²) in [6.07, 6.45) is 2.23. The molecule has 0 saturated carbocycles. The van der Waals surface area contributed by atoms with Gasteiger partial charge in [-0.15, -0.1) is 0 Å². The van der Waals surface area contributed by atoms with Crippen molar-refractivity contribution in [3.63, 3.8) is 0 Å². The summed E-state index contributed by atoms with van der Waals surface area (Å²) in [6, 6.07) is 0. The summed E-state index contributed by atoms with van der Waals surface area (Å²) in [5.74, 6) is 0.728. The van der Waals surface area contributed by atoms with Crippen molar-refractivity contribution in [1.29, 1.82) is 0 Å². The van der Waals surface area contributed by atoms with Crippen molar-refractivity contribution in [3.8, 4) is 0 Å². The van der Waals surface area contributed by atoms with Crippen molar-refractivity contribution in [3.05, 3.63) is 0 Å². The van der Waals surface area contributed by atoms with E-state index in [9.17, 15) is 5.21 Å². The molecular weight excluding hydrogens is 162 g/mol. The van der Waals surface area contributed by atoms with E-state index in [4.69, 9.17) is 0 Å². The van der Waals surface area contributed by atoms with Crippen LogP contribution in [0.1, 0.15) is 54.9 Å². The largest absolute Gasteiger partial charge is 0.218 e. The summed E-state index contributed by atoms with van der Waals surface area (Å²) in [6.45, 7) is 10.8. The van der Waals surface area contributed by atoms with Gasteiger partial charge in [0.2, 0.25) is 0 Å². The first-order valence-electron chi connectivity index (χ1n) is 4.82. The van der Waals surface area contributed by atoms with E-state index in [1.807, 2.05) is 0 Å². The van der Waals surface area contributed by atoms with Gasteiger partial charge in [-0.2, -0.15) is 5.06 Å². The van der Waals surface area contributed by atoms with Gasteiger partial charge in [0.25, 0.3) is 0 Å². The second-order valence-corrected chi connectivity index (χ2v) is 5.63. The third-order valence-corrected chi connectivity index (χ3v) is 3.00. The van der Waals surface area contributed by atoms with Gasteiger partial charge in [-0.05, 0) is 33.6 Å². The molecular formula is C11H26NO+. The topological polar surface area (TPSA) is 24.7 Å². The molecule has 0 spiro atoms. The molecule has 1 rings (SSSR count). The van der Waals surface area contributed by atoms with Gasteiger partial charge in [0.05, 0.1) is 0 Å². The first-order valence-corrected chi connectivity index (χ1v) is 4.82. The Bertz CT molecular complexity index is 157. The van der Waals surface area contributed by atoms with Gasteiger partial charge >= 0.3 is 0 Å². The predicted molar refractivity (Wildman–Crippen MR) is 56.0 cm³/mol. The Morgan fingerprint density at radius 1 is 1.08 bits per heavy atom. The third kappa shape index (κ3) is 2.44. The standard InChI is InChI=1S/C10H21NO.CH4/c1-8-6-9(2,3)11(12)10(4,5)7-8;/h8,12H,6-7H2,1-5H3;1H4/p+1. The van der Waals surface area contributed by atoms with Gasteiger partial charge in [-0.1, -0.05) is 14.4 Å². The maximum Gasteiger partial charge on any atom is 0.122 e. The van der Waals surface area contributed by atoms with Crippen LogP contribution in [-0.4, -0.2) is 16.3 Å². The highest BCUT2D eigenvalue weighted by Gasteiger charge is 2.48. The molecule has 1 saturated heterocycles. The van der Waals surface area contributed by atoms with Crippen LogP contribution >= 0.6 is 0 Å². The van der Waals surface area contributed by atoms with E-state index in [-0.39, 0.29) is 18.5 Å². The second-order valence-electron chi connectivity index (χ2n) is 5.63. The Kier molecular flexibility index (Phi) is 3.56. The number of nitrogens with one attached hydrogen (secondary N) is 1. The summed E-state index contributed by atoms with van der Waals surface area (Å²) < 4.78 is 0. The smallest absolute Gasteiger partial charge is 0.122 e. The van der Waals surface area contributed by atoms with E-state index in [0.29, 0.717) is 5.06 Å². The molecule has 0 aromatic rings. The van der Waals surface area contributed by atoms with Gasteiger partial charge < -0.3 is 0 Å². The monoisotopic (exact) mass is 188 g/mol. The minimum Gasteiger partial charge on any atom is -0.218 e. The summed E-state index contributed by atoms with van der Waals surface area (Å²) >= 11 is 0. The molecule has 1 heterocycles. The van der Waals surface area contributed by atoms with Crippen LogP contribution in [0.3, 0.4) is 0 Å². The average molecular weight is 188 g/mol. The molecule has 0 radical (unpaired) electrons. The summed E-state index contributed by atoms with van der Waals surface area (Å²) in [5.41, 5.74) is 0.0301. The Morgan fingerprint density at radius 2 is 1.38 bits per heavy atom. The lowest BCUT2D eigenvalue weighted by atomic mass is 9.76. The zero-order valence-electron chi connectivity index (χ0n) is 8.94. The summed E-state index contributed by atoms with van der Waals surface area (Å²) in [7, 11) is 0. The van der Waals surface area contributed by atoms with Crippen molar-refractivity contribution >= 4 is 0 Å². The molecule has 0 aliphatic carbocycles. The molecule has 2 nitrogen and oxygen atoms in total. The third-order valence-electron chi connectivity index (χ3n) is 3.00. The lowest BCUT2D eigenvalue weighted by Crippen LogP contribution is -3.25. The van der Waals surface area contributed by atoms with Crippen LogP contribution in [-0.2, 0) is 0 Å². The molecule has 2 N–H and O–H groups in total. The van der Waals surface area contributed by atoms with E-state index < -0.39 is 0 Å². The molecule has 80 valence electrons. The first-order chi connectivity index (χ1) is 5.26. The average Bonchev–Trinajstić information content (AvgIpc) is 1.80. The Balaban J connectivity index is 0.00000144. The highest BCUT2D eigenvalue weighted by Crippen LogP contribution is 2.27. The maximum absolute atomic E-state index is 10.00. The molecule has 1 fully saturated rings. The Labute approximate surface area is 82.9 Å². The number of hydrogen-bond donors (Lipinski definition) is 2. The summed E-state index contributed by atoms with van der Waals surface area (Å²) in [5, 5.41) is 10.7. The molecule has 0 amide bonds. The van der Waals surface area contributed by atoms with Crippen LogP contribution in [0.2, 0.25) is 0 Å². The maximum atomic E-state index is 10.00. The van der Waals surface area contributed by atoms with Crippen LogP contribution in [0.5, 0.6) is 0 Å². The second kappa shape index (κ2) is 3.58. The number of rotatable bonds is 0. The molecule has 0 atom stereocenters. The van der Waals surface area contributed by atoms with Crippen molar-refractivity contribution in [2.24, 2.45) is 5.92 Å². The fourth-order valence-corrected chi connectivity index (χ4v) is 2.92. The van der Waals surface area contributed by atoms with Crippen LogP contribution < -0.4 is 5.06 Å². The normalized spacial score (nSPS) is 36.5. The fraction of sp³-hybridized carbons (Fsp3) is 1.00. The van der Waals surface area contributed by atoms with Crippen LogP contribution in [0.4, 0.5) is 0 Å². The van der Waals surface area contributed by atoms with E-state index in [1.54, 1.807) is 0 Å². The minimum absolute atomic E-state index is 0. The van der Waals surface area contributed by atoms with E-state index in [0.717, 1.165) is 18.8 Å². The van der Waals surface area contributed by atoms with Gasteiger partial charge in [0.1, 0.15) is 11.1 Å². The van der Waals surface area contributed by atoms with Crippen LogP contribution in [0, 0.1) is 5.92 Å². The quantitative estimate of drug-likeness (QED) is 0.596. The lowest BCUT2D eigenvalue weighted by Gasteiger charge is -2.46.